The maximum atomic E-state index is 10.0. The molecule has 1 aliphatic rings. The summed E-state index contributed by atoms with van der Waals surface area (Å²) in [4.78, 5) is 10.3. The number of hydrogen-bond acceptors (Lipinski definition) is 9. The van der Waals surface area contributed by atoms with Crippen molar-refractivity contribution in [2.24, 2.45) is 0 Å². The number of nitrogens with zero attached hydrogens (tertiary/aromatic N) is 4. The Hall–Kier alpha value is -2.61. The van der Waals surface area contributed by atoms with Crippen LogP contribution in [0, 0.1) is 11.3 Å². The minimum atomic E-state index is -1.22. The van der Waals surface area contributed by atoms with Crippen molar-refractivity contribution in [3.8, 4) is 17.5 Å². The summed E-state index contributed by atoms with van der Waals surface area (Å²) in [6, 6.07) is 8.98. The van der Waals surface area contributed by atoms with Crippen LogP contribution in [0.15, 0.2) is 36.7 Å². The average molecular weight is 442 g/mol. The number of aromatic nitrogens is 2. The molecular weight excluding hydrogens is 410 g/mol. The van der Waals surface area contributed by atoms with E-state index in [2.05, 4.69) is 21.4 Å². The topological polar surface area (TPSA) is 146 Å². The molecule has 4 atom stereocenters. The van der Waals surface area contributed by atoms with Crippen LogP contribution in [-0.4, -0.2) is 85.9 Å². The number of aliphatic hydroxyl groups excluding tert-OH is 4. The maximum Gasteiger partial charge on any atom is 0.159 e. The second-order valence-corrected chi connectivity index (χ2v) is 8.08. The van der Waals surface area contributed by atoms with Crippen LogP contribution in [0.5, 0.6) is 0 Å². The van der Waals surface area contributed by atoms with E-state index < -0.39 is 24.4 Å². The minimum absolute atomic E-state index is 0.242. The van der Waals surface area contributed by atoms with Crippen molar-refractivity contribution in [1.82, 2.24) is 14.9 Å². The number of β-amino-alcohol motifs (C(OH)–C–C–N with tert-alkyl or cyclic N) is 1. The van der Waals surface area contributed by atoms with Crippen LogP contribution in [0.3, 0.4) is 0 Å². The lowest BCUT2D eigenvalue weighted by atomic mass is 9.94. The fraction of sp³-hybridized carbons (Fsp3) is 0.522. The molecule has 0 aliphatic carbocycles. The van der Waals surface area contributed by atoms with Gasteiger partial charge in [-0.3, -0.25) is 4.90 Å². The van der Waals surface area contributed by atoms with E-state index in [-0.39, 0.29) is 13.2 Å². The van der Waals surface area contributed by atoms with Gasteiger partial charge in [0.05, 0.1) is 30.0 Å². The van der Waals surface area contributed by atoms with Gasteiger partial charge in [-0.05, 0) is 43.7 Å². The van der Waals surface area contributed by atoms with Gasteiger partial charge in [-0.1, -0.05) is 12.8 Å². The van der Waals surface area contributed by atoms with E-state index in [4.69, 9.17) is 0 Å². The number of benzene rings is 1. The van der Waals surface area contributed by atoms with Crippen LogP contribution in [-0.2, 0) is 0 Å². The second-order valence-electron chi connectivity index (χ2n) is 8.08. The van der Waals surface area contributed by atoms with Crippen LogP contribution in [0.25, 0.3) is 11.4 Å². The molecule has 1 saturated heterocycles. The molecule has 32 heavy (non-hydrogen) atoms. The predicted octanol–water partition coefficient (Wildman–Crippen LogP) is 0.747. The van der Waals surface area contributed by atoms with Crippen molar-refractivity contribution < 1.29 is 20.4 Å². The predicted molar refractivity (Wildman–Crippen MR) is 120 cm³/mol. The molecule has 9 nitrogen and oxygen atoms in total. The Labute approximate surface area is 188 Å². The number of nitriles is 1. The Bertz CT molecular complexity index is 892. The van der Waals surface area contributed by atoms with E-state index in [0.29, 0.717) is 17.9 Å². The molecule has 3 rings (SSSR count). The molecule has 2 aromatic rings. The molecule has 0 spiro atoms. The van der Waals surface area contributed by atoms with E-state index >= 15 is 0 Å². The van der Waals surface area contributed by atoms with Gasteiger partial charge in [0, 0.05) is 31.0 Å². The fourth-order valence-corrected chi connectivity index (χ4v) is 4.03. The molecule has 2 heterocycles. The van der Waals surface area contributed by atoms with Gasteiger partial charge >= 0.3 is 0 Å². The molecule has 0 radical (unpaired) electrons. The number of anilines is 1. The van der Waals surface area contributed by atoms with Crippen molar-refractivity contribution in [3.05, 3.63) is 42.2 Å². The Kier molecular flexibility index (Phi) is 8.90. The van der Waals surface area contributed by atoms with Gasteiger partial charge in [-0.2, -0.15) is 5.26 Å². The van der Waals surface area contributed by atoms with Crippen LogP contribution >= 0.6 is 0 Å². The van der Waals surface area contributed by atoms with Gasteiger partial charge in [-0.25, -0.2) is 9.97 Å². The molecule has 1 aliphatic heterocycles. The molecule has 0 amide bonds. The van der Waals surface area contributed by atoms with Gasteiger partial charge in [0.2, 0.25) is 0 Å². The van der Waals surface area contributed by atoms with Gasteiger partial charge in [0.25, 0.3) is 0 Å². The monoisotopic (exact) mass is 441 g/mol. The lowest BCUT2D eigenvalue weighted by Gasteiger charge is -2.43. The molecular formula is C23H31N5O4. The smallest absolute Gasteiger partial charge is 0.159 e. The average Bonchev–Trinajstić information content (AvgIpc) is 2.82. The van der Waals surface area contributed by atoms with Crippen molar-refractivity contribution in [1.29, 1.82) is 5.26 Å². The molecule has 0 unspecified atom stereocenters. The van der Waals surface area contributed by atoms with Gasteiger partial charge in [0.1, 0.15) is 18.3 Å². The number of aliphatic hydroxyl groups is 4. The van der Waals surface area contributed by atoms with Crippen molar-refractivity contribution in [2.75, 3.05) is 31.6 Å². The highest BCUT2D eigenvalue weighted by molar-refractivity contribution is 5.67. The minimum Gasteiger partial charge on any atom is -0.395 e. The van der Waals surface area contributed by atoms with E-state index in [1.165, 1.54) is 0 Å². The van der Waals surface area contributed by atoms with Crippen molar-refractivity contribution >= 4 is 5.69 Å². The summed E-state index contributed by atoms with van der Waals surface area (Å²) < 4.78 is 0. The third kappa shape index (κ3) is 6.00. The summed E-state index contributed by atoms with van der Waals surface area (Å²) in [5, 5.41) is 52.0. The summed E-state index contributed by atoms with van der Waals surface area (Å²) >= 11 is 0. The van der Waals surface area contributed by atoms with E-state index in [9.17, 15) is 25.7 Å². The summed E-state index contributed by atoms with van der Waals surface area (Å²) in [7, 11) is 0. The molecule has 9 heteroatoms. The van der Waals surface area contributed by atoms with Gasteiger partial charge in [0.15, 0.2) is 5.82 Å². The van der Waals surface area contributed by atoms with Crippen molar-refractivity contribution in [3.63, 3.8) is 0 Å². The van der Waals surface area contributed by atoms with Crippen LogP contribution in [0.1, 0.15) is 31.2 Å². The van der Waals surface area contributed by atoms with Crippen LogP contribution in [0.4, 0.5) is 5.69 Å². The highest BCUT2D eigenvalue weighted by Gasteiger charge is 2.40. The van der Waals surface area contributed by atoms with Gasteiger partial charge in [-0.15, -0.1) is 0 Å². The first kappa shape index (κ1) is 24.0. The van der Waals surface area contributed by atoms with Gasteiger partial charge < -0.3 is 25.7 Å². The number of piperidine rings is 1. The Morgan fingerprint density at radius 3 is 2.53 bits per heavy atom. The summed E-state index contributed by atoms with van der Waals surface area (Å²) in [6.07, 6.45) is 3.70. The zero-order chi connectivity index (χ0) is 22.9. The first-order valence-electron chi connectivity index (χ1n) is 11.0. The molecule has 1 aromatic heterocycles. The molecule has 1 fully saturated rings. The summed E-state index contributed by atoms with van der Waals surface area (Å²) in [6.45, 7) is 1.36. The van der Waals surface area contributed by atoms with Crippen LogP contribution in [0.2, 0.25) is 0 Å². The summed E-state index contributed by atoms with van der Waals surface area (Å²) in [5.74, 6) is 0.585. The highest BCUT2D eigenvalue weighted by Crippen LogP contribution is 2.23. The lowest BCUT2D eigenvalue weighted by molar-refractivity contribution is -0.145. The summed E-state index contributed by atoms with van der Waals surface area (Å²) in [5.41, 5.74) is 2.14. The molecule has 0 bridgehead atoms. The normalized spacial score (nSPS) is 23.6. The SMILES string of the molecule is N#Cc1cc(-c2ncccn2)ccc1NCCCCCCN1C[C@H](O)[C@@H](O)[C@H](O)[C@H]1CO. The molecule has 0 saturated carbocycles. The Balaban J connectivity index is 1.39. The largest absolute Gasteiger partial charge is 0.395 e. The number of likely N-dealkylation sites (tertiary alicyclic amines) is 1. The Morgan fingerprint density at radius 2 is 1.81 bits per heavy atom. The number of nitrogens with one attached hydrogen (secondary N) is 1. The number of unbranched alkanes of at least 4 members (excludes halogenated alkanes) is 3. The van der Waals surface area contributed by atoms with E-state index in [1.54, 1.807) is 24.5 Å². The fourth-order valence-electron chi connectivity index (χ4n) is 4.03. The quantitative estimate of drug-likeness (QED) is 0.337. The van der Waals surface area contributed by atoms with Crippen molar-refractivity contribution in [2.45, 2.75) is 50.0 Å². The zero-order valence-electron chi connectivity index (χ0n) is 18.0. The number of hydrogen-bond donors (Lipinski definition) is 5. The Morgan fingerprint density at radius 1 is 1.06 bits per heavy atom. The molecule has 172 valence electrons. The van der Waals surface area contributed by atoms with E-state index in [1.807, 2.05) is 17.0 Å². The third-order valence-corrected chi connectivity index (χ3v) is 5.87. The van der Waals surface area contributed by atoms with E-state index in [0.717, 1.165) is 43.5 Å². The molecule has 1 aromatic carbocycles. The first-order valence-corrected chi connectivity index (χ1v) is 11.0. The maximum absolute atomic E-state index is 10.0. The number of rotatable bonds is 10. The van der Waals surface area contributed by atoms with Crippen LogP contribution < -0.4 is 5.32 Å². The lowest BCUT2D eigenvalue weighted by Crippen LogP contribution is -2.62. The standard InChI is InChI=1S/C23H31N5O4/c24-13-17-12-16(23-26-9-5-10-27-23)6-7-18(17)25-8-3-1-2-4-11-28-14-20(30)22(32)21(31)19(28)15-29/h5-7,9-10,12,19-22,25,29-32H,1-4,8,11,14-15H2/t19-,20+,21-,22-/m1/s1. The second kappa shape index (κ2) is 11.9. The molecule has 5 N–H and O–H groups in total. The first-order chi connectivity index (χ1) is 15.5. The third-order valence-electron chi connectivity index (χ3n) is 5.87. The highest BCUT2D eigenvalue weighted by atomic mass is 16.4. The zero-order valence-corrected chi connectivity index (χ0v) is 18.0.